The fourth-order valence-electron chi connectivity index (χ4n) is 1.90. The standard InChI is InChI=1S/C14H12ClNO3S2/c1-8-4-9(6-10(15)5-8)7-11-13(19)16(14(20)21-11)3-2-12(17)18/h4-7H,2-3H2,1H3,(H,17,18)/b11-7-. The molecule has 0 bridgehead atoms. The topological polar surface area (TPSA) is 57.6 Å². The number of thiocarbonyl (C=S) groups is 1. The Balaban J connectivity index is 2.21. The minimum Gasteiger partial charge on any atom is -0.481 e. The lowest BCUT2D eigenvalue weighted by molar-refractivity contribution is -0.137. The number of hydrogen-bond acceptors (Lipinski definition) is 4. The third-order valence-corrected chi connectivity index (χ3v) is 4.38. The molecule has 1 aromatic carbocycles. The number of carboxylic acid groups (broad SMARTS) is 1. The molecule has 0 aromatic heterocycles. The number of halogens is 1. The average molecular weight is 342 g/mol. The van der Waals surface area contributed by atoms with Gasteiger partial charge in [-0.15, -0.1) is 0 Å². The summed E-state index contributed by atoms with van der Waals surface area (Å²) in [6, 6.07) is 5.50. The van der Waals surface area contributed by atoms with Crippen LogP contribution >= 0.6 is 35.6 Å². The maximum Gasteiger partial charge on any atom is 0.305 e. The van der Waals surface area contributed by atoms with Crippen molar-refractivity contribution >= 4 is 57.9 Å². The lowest BCUT2D eigenvalue weighted by atomic mass is 10.1. The Labute approximate surface area is 136 Å². The normalized spacial score (nSPS) is 16.9. The molecule has 1 aliphatic rings. The predicted molar refractivity (Wildman–Crippen MR) is 88.3 cm³/mol. The number of aliphatic carboxylic acids is 1. The van der Waals surface area contributed by atoms with Crippen LogP contribution in [0.2, 0.25) is 5.02 Å². The van der Waals surface area contributed by atoms with Gasteiger partial charge in [-0.3, -0.25) is 14.5 Å². The second kappa shape index (κ2) is 6.60. The zero-order valence-electron chi connectivity index (χ0n) is 11.1. The molecule has 1 N–H and O–H groups in total. The summed E-state index contributed by atoms with van der Waals surface area (Å²) in [5.41, 5.74) is 1.81. The Morgan fingerprint density at radius 3 is 2.81 bits per heavy atom. The Kier molecular flexibility index (Phi) is 5.03. The second-order valence-corrected chi connectivity index (χ2v) is 6.65. The van der Waals surface area contributed by atoms with Gasteiger partial charge in [0, 0.05) is 11.6 Å². The van der Waals surface area contributed by atoms with Gasteiger partial charge in [-0.05, 0) is 36.3 Å². The van der Waals surface area contributed by atoms with Gasteiger partial charge >= 0.3 is 5.97 Å². The van der Waals surface area contributed by atoms with Gasteiger partial charge in [-0.2, -0.15) is 0 Å². The average Bonchev–Trinajstić information content (AvgIpc) is 2.61. The zero-order chi connectivity index (χ0) is 15.6. The smallest absolute Gasteiger partial charge is 0.305 e. The lowest BCUT2D eigenvalue weighted by Crippen LogP contribution is -2.30. The van der Waals surface area contributed by atoms with Crippen molar-refractivity contribution in [3.8, 4) is 0 Å². The van der Waals surface area contributed by atoms with Crippen LogP contribution in [-0.4, -0.2) is 32.7 Å². The van der Waals surface area contributed by atoms with E-state index in [-0.39, 0.29) is 18.9 Å². The molecule has 0 atom stereocenters. The van der Waals surface area contributed by atoms with Gasteiger partial charge in [0.25, 0.3) is 5.91 Å². The van der Waals surface area contributed by atoms with Crippen LogP contribution in [0.1, 0.15) is 17.5 Å². The van der Waals surface area contributed by atoms with Crippen molar-refractivity contribution < 1.29 is 14.7 Å². The Morgan fingerprint density at radius 1 is 1.48 bits per heavy atom. The molecule has 21 heavy (non-hydrogen) atoms. The first-order chi connectivity index (χ1) is 9.86. The van der Waals surface area contributed by atoms with E-state index in [0.29, 0.717) is 14.2 Å². The molecule has 1 saturated heterocycles. The van der Waals surface area contributed by atoms with Crippen molar-refractivity contribution in [3.05, 3.63) is 39.3 Å². The summed E-state index contributed by atoms with van der Waals surface area (Å²) in [4.78, 5) is 24.6. The lowest BCUT2D eigenvalue weighted by Gasteiger charge is -2.12. The number of nitrogens with zero attached hydrogens (tertiary/aromatic N) is 1. The van der Waals surface area contributed by atoms with Crippen LogP contribution < -0.4 is 0 Å². The van der Waals surface area contributed by atoms with Gasteiger partial charge in [-0.25, -0.2) is 0 Å². The van der Waals surface area contributed by atoms with Gasteiger partial charge in [-0.1, -0.05) is 41.6 Å². The highest BCUT2D eigenvalue weighted by Crippen LogP contribution is 2.33. The zero-order valence-corrected chi connectivity index (χ0v) is 13.5. The van der Waals surface area contributed by atoms with Crippen LogP contribution in [0.4, 0.5) is 0 Å². The predicted octanol–water partition coefficient (Wildman–Crippen LogP) is 3.32. The molecule has 0 radical (unpaired) electrons. The quantitative estimate of drug-likeness (QED) is 0.672. The minimum absolute atomic E-state index is 0.0892. The molecule has 0 aliphatic carbocycles. The number of thioether (sulfide) groups is 1. The van der Waals surface area contributed by atoms with Crippen LogP contribution in [0.15, 0.2) is 23.1 Å². The van der Waals surface area contributed by atoms with Crippen LogP contribution in [0, 0.1) is 6.92 Å². The van der Waals surface area contributed by atoms with Crippen LogP contribution in [0.25, 0.3) is 6.08 Å². The molecule has 2 rings (SSSR count). The molecule has 1 aliphatic heterocycles. The van der Waals surface area contributed by atoms with E-state index in [1.807, 2.05) is 19.1 Å². The first-order valence-electron chi connectivity index (χ1n) is 6.11. The van der Waals surface area contributed by atoms with E-state index in [1.165, 1.54) is 16.7 Å². The first-order valence-corrected chi connectivity index (χ1v) is 7.71. The molecule has 0 unspecified atom stereocenters. The number of aryl methyl sites for hydroxylation is 1. The van der Waals surface area contributed by atoms with Crippen LogP contribution in [0.3, 0.4) is 0 Å². The maximum atomic E-state index is 12.2. The molecule has 110 valence electrons. The van der Waals surface area contributed by atoms with E-state index in [1.54, 1.807) is 12.1 Å². The van der Waals surface area contributed by atoms with Gasteiger partial charge < -0.3 is 5.11 Å². The Morgan fingerprint density at radius 2 is 2.19 bits per heavy atom. The SMILES string of the molecule is Cc1cc(Cl)cc(/C=C2\SC(=S)N(CCC(=O)O)C2=O)c1. The summed E-state index contributed by atoms with van der Waals surface area (Å²) in [5.74, 6) is -1.22. The highest BCUT2D eigenvalue weighted by atomic mass is 35.5. The number of amides is 1. The van der Waals surface area contributed by atoms with Gasteiger partial charge in [0.2, 0.25) is 0 Å². The van der Waals surface area contributed by atoms with Crippen molar-refractivity contribution in [3.63, 3.8) is 0 Å². The molecule has 4 nitrogen and oxygen atoms in total. The van der Waals surface area contributed by atoms with E-state index in [9.17, 15) is 9.59 Å². The molecule has 1 amide bonds. The third-order valence-electron chi connectivity index (χ3n) is 2.79. The number of benzene rings is 1. The summed E-state index contributed by atoms with van der Waals surface area (Å²) in [7, 11) is 0. The highest BCUT2D eigenvalue weighted by molar-refractivity contribution is 8.26. The Bertz CT molecular complexity index is 637. The van der Waals surface area contributed by atoms with Crippen molar-refractivity contribution in [1.29, 1.82) is 0 Å². The molecule has 0 spiro atoms. The van der Waals surface area contributed by atoms with Crippen molar-refractivity contribution in [2.45, 2.75) is 13.3 Å². The summed E-state index contributed by atoms with van der Waals surface area (Å²) in [5, 5.41) is 9.29. The third kappa shape index (κ3) is 4.06. The van der Waals surface area contributed by atoms with E-state index < -0.39 is 5.97 Å². The molecule has 1 heterocycles. The van der Waals surface area contributed by atoms with Gasteiger partial charge in [0.05, 0.1) is 11.3 Å². The fourth-order valence-corrected chi connectivity index (χ4v) is 3.51. The number of hydrogen-bond donors (Lipinski definition) is 1. The van der Waals surface area contributed by atoms with Gasteiger partial charge in [0.1, 0.15) is 4.32 Å². The second-order valence-electron chi connectivity index (χ2n) is 4.54. The van der Waals surface area contributed by atoms with Crippen molar-refractivity contribution in [2.24, 2.45) is 0 Å². The van der Waals surface area contributed by atoms with E-state index in [0.717, 1.165) is 11.1 Å². The molecule has 1 fully saturated rings. The largest absolute Gasteiger partial charge is 0.481 e. The molecular formula is C14H12ClNO3S2. The minimum atomic E-state index is -0.960. The number of rotatable bonds is 4. The maximum absolute atomic E-state index is 12.2. The molecular weight excluding hydrogens is 330 g/mol. The van der Waals surface area contributed by atoms with Gasteiger partial charge in [0.15, 0.2) is 0 Å². The van der Waals surface area contributed by atoms with Crippen molar-refractivity contribution in [2.75, 3.05) is 6.54 Å². The fraction of sp³-hybridized carbons (Fsp3) is 0.214. The number of carboxylic acids is 1. The summed E-state index contributed by atoms with van der Waals surface area (Å²) in [6.07, 6.45) is 1.59. The Hall–Kier alpha value is -1.37. The number of carbonyl (C=O) groups excluding carboxylic acids is 1. The van der Waals surface area contributed by atoms with Crippen LogP contribution in [0.5, 0.6) is 0 Å². The number of carbonyl (C=O) groups is 2. The van der Waals surface area contributed by atoms with Crippen LogP contribution in [-0.2, 0) is 9.59 Å². The van der Waals surface area contributed by atoms with E-state index >= 15 is 0 Å². The van der Waals surface area contributed by atoms with E-state index in [2.05, 4.69) is 0 Å². The highest BCUT2D eigenvalue weighted by Gasteiger charge is 2.31. The first kappa shape index (κ1) is 16.0. The van der Waals surface area contributed by atoms with E-state index in [4.69, 9.17) is 28.9 Å². The summed E-state index contributed by atoms with van der Waals surface area (Å²) < 4.78 is 0.381. The molecule has 0 saturated carbocycles. The van der Waals surface area contributed by atoms with Crippen molar-refractivity contribution in [1.82, 2.24) is 4.90 Å². The monoisotopic (exact) mass is 341 g/mol. The summed E-state index contributed by atoms with van der Waals surface area (Å²) >= 11 is 12.3. The molecule has 1 aromatic rings. The summed E-state index contributed by atoms with van der Waals surface area (Å²) in [6.45, 7) is 2.01. The molecule has 7 heteroatoms.